The Bertz CT molecular complexity index is 625. The number of ether oxygens (including phenoxy) is 2. The molecule has 2 aromatic rings. The Hall–Kier alpha value is -2.37. The first kappa shape index (κ1) is 12.1. The van der Waals surface area contributed by atoms with E-state index in [1.54, 1.807) is 13.0 Å². The third-order valence-electron chi connectivity index (χ3n) is 2.59. The molecule has 0 aliphatic heterocycles. The zero-order valence-corrected chi connectivity index (χ0v) is 10.2. The van der Waals surface area contributed by atoms with Crippen LogP contribution in [0.3, 0.4) is 0 Å². The molecule has 0 aromatic carbocycles. The zero-order valence-electron chi connectivity index (χ0n) is 10.2. The van der Waals surface area contributed by atoms with Crippen molar-refractivity contribution in [3.63, 3.8) is 0 Å². The van der Waals surface area contributed by atoms with Gasteiger partial charge in [-0.15, -0.1) is 0 Å². The molecule has 0 fully saturated rings. The number of carboxylic acid groups (broad SMARTS) is 1. The summed E-state index contributed by atoms with van der Waals surface area (Å²) in [6.07, 6.45) is 0. The Morgan fingerprint density at radius 3 is 2.50 bits per heavy atom. The number of hydrogen-bond donors (Lipinski definition) is 1. The van der Waals surface area contributed by atoms with Crippen LogP contribution in [0.25, 0.3) is 11.0 Å². The maximum absolute atomic E-state index is 10.9. The quantitative estimate of drug-likeness (QED) is 0.889. The summed E-state index contributed by atoms with van der Waals surface area (Å²) in [5, 5.41) is 8.93. The minimum absolute atomic E-state index is 0.0489. The van der Waals surface area contributed by atoms with E-state index in [0.29, 0.717) is 28.2 Å². The van der Waals surface area contributed by atoms with Crippen molar-refractivity contribution in [3.8, 4) is 11.6 Å². The number of carboxylic acids is 1. The molecule has 0 spiro atoms. The van der Waals surface area contributed by atoms with Gasteiger partial charge in [0.25, 0.3) is 0 Å². The summed E-state index contributed by atoms with van der Waals surface area (Å²) in [5.74, 6) is -0.184. The predicted octanol–water partition coefficient (Wildman–Crippen LogP) is 1.65. The van der Waals surface area contributed by atoms with Crippen LogP contribution >= 0.6 is 0 Å². The van der Waals surface area contributed by atoms with E-state index in [2.05, 4.69) is 9.97 Å². The van der Waals surface area contributed by atoms with Gasteiger partial charge in [0.15, 0.2) is 5.75 Å². The fourth-order valence-electron chi connectivity index (χ4n) is 1.74. The van der Waals surface area contributed by atoms with Crippen molar-refractivity contribution in [3.05, 3.63) is 23.4 Å². The van der Waals surface area contributed by atoms with Gasteiger partial charge in [0.2, 0.25) is 5.88 Å². The molecule has 6 nitrogen and oxygen atoms in total. The lowest BCUT2D eigenvalue weighted by molar-refractivity contribution is 0.0691. The molecular formula is C12H12N2O4. The Labute approximate surface area is 103 Å². The Kier molecular flexibility index (Phi) is 3.01. The second kappa shape index (κ2) is 4.48. The zero-order chi connectivity index (χ0) is 13.3. The topological polar surface area (TPSA) is 81.5 Å². The number of pyridine rings is 2. The highest BCUT2D eigenvalue weighted by Crippen LogP contribution is 2.32. The number of carbonyl (C=O) groups is 1. The highest BCUT2D eigenvalue weighted by atomic mass is 16.5. The van der Waals surface area contributed by atoms with E-state index in [1.807, 2.05) is 0 Å². The number of aromatic carboxylic acids is 1. The molecule has 0 bridgehead atoms. The van der Waals surface area contributed by atoms with E-state index < -0.39 is 5.97 Å². The summed E-state index contributed by atoms with van der Waals surface area (Å²) < 4.78 is 10.4. The molecule has 0 aliphatic rings. The van der Waals surface area contributed by atoms with E-state index in [0.717, 1.165) is 0 Å². The van der Waals surface area contributed by atoms with Gasteiger partial charge in [-0.05, 0) is 19.1 Å². The van der Waals surface area contributed by atoms with E-state index >= 15 is 0 Å². The molecule has 18 heavy (non-hydrogen) atoms. The first-order valence-corrected chi connectivity index (χ1v) is 5.21. The standard InChI is InChI=1S/C12H12N2O4/c1-6-10(17-2)9-7(14-11(6)18-3)4-5-8(13-9)12(15)16/h4-5H,1-3H3,(H,15,16). The monoisotopic (exact) mass is 248 g/mol. The van der Waals surface area contributed by atoms with Crippen LogP contribution in [0.5, 0.6) is 11.6 Å². The number of aromatic nitrogens is 2. The molecule has 2 rings (SSSR count). The maximum atomic E-state index is 10.9. The van der Waals surface area contributed by atoms with E-state index in [-0.39, 0.29) is 5.69 Å². The average molecular weight is 248 g/mol. The van der Waals surface area contributed by atoms with Gasteiger partial charge in [-0.2, -0.15) is 0 Å². The first-order valence-electron chi connectivity index (χ1n) is 5.21. The number of methoxy groups -OCH3 is 2. The van der Waals surface area contributed by atoms with Gasteiger partial charge in [-0.25, -0.2) is 14.8 Å². The third kappa shape index (κ3) is 1.81. The van der Waals surface area contributed by atoms with Crippen LogP contribution in [0.1, 0.15) is 16.1 Å². The third-order valence-corrected chi connectivity index (χ3v) is 2.59. The molecule has 0 aliphatic carbocycles. The van der Waals surface area contributed by atoms with Crippen LogP contribution in [0.2, 0.25) is 0 Å². The Balaban J connectivity index is 2.81. The predicted molar refractivity (Wildman–Crippen MR) is 64.3 cm³/mol. The van der Waals surface area contributed by atoms with Crippen molar-refractivity contribution in [2.24, 2.45) is 0 Å². The molecule has 0 unspecified atom stereocenters. The Morgan fingerprint density at radius 2 is 1.94 bits per heavy atom. The molecule has 94 valence electrons. The first-order chi connectivity index (χ1) is 8.58. The summed E-state index contributed by atoms with van der Waals surface area (Å²) in [6, 6.07) is 2.97. The molecule has 1 N–H and O–H groups in total. The van der Waals surface area contributed by atoms with Crippen LogP contribution < -0.4 is 9.47 Å². The van der Waals surface area contributed by atoms with E-state index in [1.165, 1.54) is 20.3 Å². The molecule has 2 heterocycles. The second-order valence-electron chi connectivity index (χ2n) is 3.65. The molecule has 0 atom stereocenters. The van der Waals surface area contributed by atoms with Gasteiger partial charge in [-0.3, -0.25) is 0 Å². The summed E-state index contributed by atoms with van der Waals surface area (Å²) in [7, 11) is 3.01. The summed E-state index contributed by atoms with van der Waals surface area (Å²) in [4.78, 5) is 19.2. The molecule has 0 saturated carbocycles. The van der Waals surface area contributed by atoms with Gasteiger partial charge in [0, 0.05) is 0 Å². The lowest BCUT2D eigenvalue weighted by Gasteiger charge is -2.11. The van der Waals surface area contributed by atoms with Crippen molar-refractivity contribution in [1.82, 2.24) is 9.97 Å². The lowest BCUT2D eigenvalue weighted by Crippen LogP contribution is -2.03. The number of rotatable bonds is 3. The summed E-state index contributed by atoms with van der Waals surface area (Å²) in [5.41, 5.74) is 1.57. The largest absolute Gasteiger partial charge is 0.494 e. The van der Waals surface area contributed by atoms with Gasteiger partial charge < -0.3 is 14.6 Å². The van der Waals surface area contributed by atoms with Gasteiger partial charge in [0.05, 0.1) is 25.3 Å². The van der Waals surface area contributed by atoms with Crippen LogP contribution in [-0.2, 0) is 0 Å². The van der Waals surface area contributed by atoms with Crippen LogP contribution in [0.15, 0.2) is 12.1 Å². The summed E-state index contributed by atoms with van der Waals surface area (Å²) in [6.45, 7) is 1.78. The molecule has 0 saturated heterocycles. The van der Waals surface area contributed by atoms with Gasteiger partial charge >= 0.3 is 5.97 Å². The molecule has 0 amide bonds. The van der Waals surface area contributed by atoms with Crippen molar-refractivity contribution in [1.29, 1.82) is 0 Å². The fraction of sp³-hybridized carbons (Fsp3) is 0.250. The Morgan fingerprint density at radius 1 is 1.22 bits per heavy atom. The molecule has 0 radical (unpaired) electrons. The highest BCUT2D eigenvalue weighted by Gasteiger charge is 2.16. The van der Waals surface area contributed by atoms with Crippen LogP contribution in [0, 0.1) is 6.92 Å². The molecule has 2 aromatic heterocycles. The van der Waals surface area contributed by atoms with Crippen molar-refractivity contribution < 1.29 is 19.4 Å². The minimum atomic E-state index is -1.09. The lowest BCUT2D eigenvalue weighted by atomic mass is 10.2. The number of fused-ring (bicyclic) bond motifs is 1. The number of nitrogens with zero attached hydrogens (tertiary/aromatic N) is 2. The van der Waals surface area contributed by atoms with Crippen molar-refractivity contribution in [2.45, 2.75) is 6.92 Å². The molecular weight excluding hydrogens is 236 g/mol. The van der Waals surface area contributed by atoms with E-state index in [4.69, 9.17) is 14.6 Å². The van der Waals surface area contributed by atoms with Gasteiger partial charge in [0.1, 0.15) is 11.2 Å². The second-order valence-corrected chi connectivity index (χ2v) is 3.65. The summed E-state index contributed by atoms with van der Waals surface area (Å²) >= 11 is 0. The van der Waals surface area contributed by atoms with Gasteiger partial charge in [-0.1, -0.05) is 0 Å². The fourth-order valence-corrected chi connectivity index (χ4v) is 1.74. The molecule has 6 heteroatoms. The highest BCUT2D eigenvalue weighted by molar-refractivity contribution is 5.91. The smallest absolute Gasteiger partial charge is 0.354 e. The van der Waals surface area contributed by atoms with E-state index in [9.17, 15) is 4.79 Å². The van der Waals surface area contributed by atoms with Crippen molar-refractivity contribution >= 4 is 17.0 Å². The maximum Gasteiger partial charge on any atom is 0.354 e. The van der Waals surface area contributed by atoms with Crippen molar-refractivity contribution in [2.75, 3.05) is 14.2 Å². The SMILES string of the molecule is COc1nc2ccc(C(=O)O)nc2c(OC)c1C. The van der Waals surface area contributed by atoms with Crippen LogP contribution in [0.4, 0.5) is 0 Å². The average Bonchev–Trinajstić information content (AvgIpc) is 2.37. The minimum Gasteiger partial charge on any atom is -0.494 e. The number of hydrogen-bond acceptors (Lipinski definition) is 5. The normalized spacial score (nSPS) is 10.4. The van der Waals surface area contributed by atoms with Crippen LogP contribution in [-0.4, -0.2) is 35.3 Å².